The smallest absolute Gasteiger partial charge is 0.215 e. The van der Waals surface area contributed by atoms with Crippen LogP contribution in [0.3, 0.4) is 0 Å². The van der Waals surface area contributed by atoms with E-state index in [0.717, 1.165) is 5.69 Å². The average molecular weight is 295 g/mol. The Labute approximate surface area is 128 Å². The number of rotatable bonds is 5. The number of nitrogens with one attached hydrogen (secondary N) is 1. The zero-order chi connectivity index (χ0) is 15.4. The van der Waals surface area contributed by atoms with Gasteiger partial charge in [0.1, 0.15) is 18.0 Å². The summed E-state index contributed by atoms with van der Waals surface area (Å²) < 4.78 is 7.47. The third kappa shape index (κ3) is 3.41. The van der Waals surface area contributed by atoms with Crippen molar-refractivity contribution in [3.05, 3.63) is 55.2 Å². The highest BCUT2D eigenvalue weighted by molar-refractivity contribution is 5.52. The Morgan fingerprint density at radius 1 is 1.14 bits per heavy atom. The Kier molecular flexibility index (Phi) is 4.00. The molecule has 0 radical (unpaired) electrons. The molecule has 3 heterocycles. The Morgan fingerprint density at radius 3 is 2.82 bits per heavy atom. The van der Waals surface area contributed by atoms with Gasteiger partial charge in [-0.15, -0.1) is 0 Å². The van der Waals surface area contributed by atoms with E-state index in [-0.39, 0.29) is 6.10 Å². The molecule has 1 N–H and O–H groups in total. The molecule has 0 aliphatic heterocycles. The lowest BCUT2D eigenvalue weighted by Gasteiger charge is -2.09. The molecule has 0 aliphatic carbocycles. The van der Waals surface area contributed by atoms with E-state index in [2.05, 4.69) is 20.3 Å². The molecule has 6 nitrogen and oxygen atoms in total. The molecule has 0 saturated carbocycles. The fraction of sp³-hybridized carbons (Fsp3) is 0.188. The standard InChI is InChI=1S/C16H17N5O/c1-12(2)22-16-7-3-6-14(20-16)19-15-10-21(11-18-15)13-5-4-8-17-9-13/h3-12H,1-2H3,(H,19,20). The highest BCUT2D eigenvalue weighted by Gasteiger charge is 2.04. The first-order chi connectivity index (χ1) is 10.7. The van der Waals surface area contributed by atoms with Crippen LogP contribution in [0.15, 0.2) is 55.2 Å². The van der Waals surface area contributed by atoms with E-state index < -0.39 is 0 Å². The van der Waals surface area contributed by atoms with Gasteiger partial charge in [0.05, 0.1) is 24.2 Å². The van der Waals surface area contributed by atoms with Crippen LogP contribution in [0, 0.1) is 0 Å². The molecule has 0 amide bonds. The summed E-state index contributed by atoms with van der Waals surface area (Å²) in [5.74, 6) is 1.99. The highest BCUT2D eigenvalue weighted by Crippen LogP contribution is 2.17. The van der Waals surface area contributed by atoms with Crippen LogP contribution in [0.5, 0.6) is 5.88 Å². The number of pyridine rings is 2. The van der Waals surface area contributed by atoms with Gasteiger partial charge in [0.25, 0.3) is 0 Å². The van der Waals surface area contributed by atoms with Gasteiger partial charge >= 0.3 is 0 Å². The van der Waals surface area contributed by atoms with Crippen molar-refractivity contribution in [2.75, 3.05) is 5.32 Å². The maximum absolute atomic E-state index is 5.58. The molecule has 22 heavy (non-hydrogen) atoms. The third-order valence-corrected chi connectivity index (χ3v) is 2.86. The minimum Gasteiger partial charge on any atom is -0.475 e. The second-order valence-electron chi connectivity index (χ2n) is 5.03. The van der Waals surface area contributed by atoms with Crippen molar-refractivity contribution in [1.29, 1.82) is 0 Å². The molecule has 112 valence electrons. The SMILES string of the molecule is CC(C)Oc1cccc(Nc2cn(-c3cccnc3)cn2)n1. The van der Waals surface area contributed by atoms with E-state index in [0.29, 0.717) is 17.5 Å². The van der Waals surface area contributed by atoms with Crippen LogP contribution < -0.4 is 10.1 Å². The predicted molar refractivity (Wildman–Crippen MR) is 84.6 cm³/mol. The van der Waals surface area contributed by atoms with E-state index in [9.17, 15) is 0 Å². The second kappa shape index (κ2) is 6.26. The molecule has 0 bridgehead atoms. The Hall–Kier alpha value is -2.89. The molecular weight excluding hydrogens is 278 g/mol. The number of hydrogen-bond donors (Lipinski definition) is 1. The summed E-state index contributed by atoms with van der Waals surface area (Å²) in [4.78, 5) is 12.8. The maximum atomic E-state index is 5.58. The van der Waals surface area contributed by atoms with E-state index in [1.165, 1.54) is 0 Å². The number of ether oxygens (including phenoxy) is 1. The van der Waals surface area contributed by atoms with Crippen molar-refractivity contribution in [1.82, 2.24) is 19.5 Å². The Morgan fingerprint density at radius 2 is 2.05 bits per heavy atom. The first kappa shape index (κ1) is 14.1. The van der Waals surface area contributed by atoms with Gasteiger partial charge in [0.2, 0.25) is 5.88 Å². The average Bonchev–Trinajstić information content (AvgIpc) is 2.96. The quantitative estimate of drug-likeness (QED) is 0.783. The van der Waals surface area contributed by atoms with Crippen molar-refractivity contribution in [2.45, 2.75) is 20.0 Å². The Balaban J connectivity index is 1.75. The van der Waals surface area contributed by atoms with Gasteiger partial charge in [-0.05, 0) is 32.0 Å². The number of anilines is 2. The van der Waals surface area contributed by atoms with Crippen LogP contribution >= 0.6 is 0 Å². The lowest BCUT2D eigenvalue weighted by Crippen LogP contribution is -2.07. The van der Waals surface area contributed by atoms with Gasteiger partial charge < -0.3 is 14.6 Å². The molecular formula is C16H17N5O. The number of imidazole rings is 1. The van der Waals surface area contributed by atoms with E-state index in [1.54, 1.807) is 18.7 Å². The topological polar surface area (TPSA) is 64.9 Å². The molecule has 0 aromatic carbocycles. The zero-order valence-corrected chi connectivity index (χ0v) is 12.5. The van der Waals surface area contributed by atoms with E-state index in [4.69, 9.17) is 4.74 Å². The van der Waals surface area contributed by atoms with Gasteiger partial charge in [-0.25, -0.2) is 4.98 Å². The predicted octanol–water partition coefficient (Wildman–Crippen LogP) is 3.19. The maximum Gasteiger partial charge on any atom is 0.215 e. The monoisotopic (exact) mass is 295 g/mol. The summed E-state index contributed by atoms with van der Waals surface area (Å²) in [5.41, 5.74) is 0.952. The molecule has 0 unspecified atom stereocenters. The normalized spacial score (nSPS) is 10.7. The molecule has 3 rings (SSSR count). The van der Waals surface area contributed by atoms with Crippen LogP contribution in [0.4, 0.5) is 11.6 Å². The minimum absolute atomic E-state index is 0.0903. The van der Waals surface area contributed by atoms with Crippen LogP contribution in [-0.2, 0) is 0 Å². The van der Waals surface area contributed by atoms with E-state index >= 15 is 0 Å². The molecule has 3 aromatic rings. The van der Waals surface area contributed by atoms with Crippen molar-refractivity contribution in [2.24, 2.45) is 0 Å². The lowest BCUT2D eigenvalue weighted by molar-refractivity contribution is 0.233. The first-order valence-corrected chi connectivity index (χ1v) is 7.06. The van der Waals surface area contributed by atoms with Crippen molar-refractivity contribution in [3.63, 3.8) is 0 Å². The summed E-state index contributed by atoms with van der Waals surface area (Å²) in [6.07, 6.45) is 7.22. The molecule has 0 atom stereocenters. The van der Waals surface area contributed by atoms with Crippen molar-refractivity contribution in [3.8, 4) is 11.6 Å². The lowest BCUT2D eigenvalue weighted by atomic mass is 10.4. The summed E-state index contributed by atoms with van der Waals surface area (Å²) in [7, 11) is 0. The summed E-state index contributed by atoms with van der Waals surface area (Å²) in [5, 5.41) is 3.16. The van der Waals surface area contributed by atoms with Gasteiger partial charge in [0.15, 0.2) is 0 Å². The zero-order valence-electron chi connectivity index (χ0n) is 12.5. The molecule has 6 heteroatoms. The van der Waals surface area contributed by atoms with Gasteiger partial charge in [-0.3, -0.25) is 4.98 Å². The molecule has 3 aromatic heterocycles. The van der Waals surface area contributed by atoms with Crippen molar-refractivity contribution >= 4 is 11.6 Å². The summed E-state index contributed by atoms with van der Waals surface area (Å²) in [6.45, 7) is 3.94. The molecule has 0 saturated heterocycles. The Bertz CT molecular complexity index is 739. The largest absolute Gasteiger partial charge is 0.475 e. The van der Waals surface area contributed by atoms with Gasteiger partial charge in [-0.2, -0.15) is 4.98 Å². The minimum atomic E-state index is 0.0903. The van der Waals surface area contributed by atoms with Crippen LogP contribution in [-0.4, -0.2) is 25.6 Å². The van der Waals surface area contributed by atoms with Gasteiger partial charge in [0, 0.05) is 12.3 Å². The van der Waals surface area contributed by atoms with Crippen molar-refractivity contribution < 1.29 is 4.74 Å². The van der Waals surface area contributed by atoms with E-state index in [1.807, 2.05) is 54.9 Å². The van der Waals surface area contributed by atoms with Crippen LogP contribution in [0.2, 0.25) is 0 Å². The molecule has 0 spiro atoms. The fourth-order valence-corrected chi connectivity index (χ4v) is 1.96. The molecule has 0 aliphatic rings. The highest BCUT2D eigenvalue weighted by atomic mass is 16.5. The number of nitrogens with zero attached hydrogens (tertiary/aromatic N) is 4. The molecule has 0 fully saturated rings. The summed E-state index contributed by atoms with van der Waals surface area (Å²) >= 11 is 0. The van der Waals surface area contributed by atoms with Gasteiger partial charge in [-0.1, -0.05) is 6.07 Å². The fourth-order valence-electron chi connectivity index (χ4n) is 1.96. The summed E-state index contributed by atoms with van der Waals surface area (Å²) in [6, 6.07) is 9.45. The number of hydrogen-bond acceptors (Lipinski definition) is 5. The second-order valence-corrected chi connectivity index (χ2v) is 5.03. The first-order valence-electron chi connectivity index (χ1n) is 7.06. The van der Waals surface area contributed by atoms with Crippen LogP contribution in [0.25, 0.3) is 5.69 Å². The van der Waals surface area contributed by atoms with Crippen LogP contribution in [0.1, 0.15) is 13.8 Å². The number of aromatic nitrogens is 4. The third-order valence-electron chi connectivity index (χ3n) is 2.86.